The van der Waals surface area contributed by atoms with Gasteiger partial charge in [-0.3, -0.25) is 14.8 Å². The Morgan fingerprint density at radius 3 is 2.85 bits per heavy atom. The molecular formula is C20H16FN5O. The van der Waals surface area contributed by atoms with Crippen LogP contribution in [-0.2, 0) is 11.3 Å². The van der Waals surface area contributed by atoms with Crippen LogP contribution in [0.3, 0.4) is 0 Å². The summed E-state index contributed by atoms with van der Waals surface area (Å²) in [7, 11) is 0. The Labute approximate surface area is 154 Å². The highest BCUT2D eigenvalue weighted by molar-refractivity contribution is 5.81. The Bertz CT molecular complexity index is 1120. The van der Waals surface area contributed by atoms with E-state index in [0.29, 0.717) is 11.1 Å². The number of aryl methyl sites for hydroxylation is 1. The second-order valence-electron chi connectivity index (χ2n) is 6.14. The normalized spacial score (nSPS) is 10.9. The summed E-state index contributed by atoms with van der Waals surface area (Å²) < 4.78 is 15.9. The summed E-state index contributed by atoms with van der Waals surface area (Å²) in [6.45, 7) is 2.05. The van der Waals surface area contributed by atoms with Crippen molar-refractivity contribution in [2.75, 3.05) is 0 Å². The van der Waals surface area contributed by atoms with Crippen LogP contribution < -0.4 is 0 Å². The zero-order chi connectivity index (χ0) is 18.8. The summed E-state index contributed by atoms with van der Waals surface area (Å²) in [6, 6.07) is 10.6. The lowest BCUT2D eigenvalue weighted by Crippen LogP contribution is -1.97. The van der Waals surface area contributed by atoms with Crippen LogP contribution in [0.4, 0.5) is 4.39 Å². The van der Waals surface area contributed by atoms with Crippen molar-refractivity contribution >= 4 is 6.29 Å². The lowest BCUT2D eigenvalue weighted by atomic mass is 9.99. The van der Waals surface area contributed by atoms with Crippen LogP contribution in [0.15, 0.2) is 55.0 Å². The van der Waals surface area contributed by atoms with Crippen molar-refractivity contribution in [1.29, 1.82) is 0 Å². The number of halogens is 1. The molecule has 0 fully saturated rings. The average molecular weight is 361 g/mol. The molecule has 0 aliphatic carbocycles. The van der Waals surface area contributed by atoms with Gasteiger partial charge in [0.1, 0.15) is 12.1 Å². The number of rotatable bonds is 5. The summed E-state index contributed by atoms with van der Waals surface area (Å²) in [5.41, 5.74) is 5.09. The minimum atomic E-state index is -0.358. The quantitative estimate of drug-likeness (QED) is 0.551. The number of carbonyl (C=O) groups excluding carboxylic acids is 1. The van der Waals surface area contributed by atoms with Gasteiger partial charge in [-0.25, -0.2) is 4.39 Å². The third kappa shape index (κ3) is 3.27. The summed E-state index contributed by atoms with van der Waals surface area (Å²) in [6.07, 6.45) is 5.64. The second-order valence-corrected chi connectivity index (χ2v) is 6.14. The number of H-pyrrole nitrogens is 1. The summed E-state index contributed by atoms with van der Waals surface area (Å²) >= 11 is 0. The van der Waals surface area contributed by atoms with Gasteiger partial charge in [-0.2, -0.15) is 10.2 Å². The maximum Gasteiger partial charge on any atom is 0.141 e. The summed E-state index contributed by atoms with van der Waals surface area (Å²) in [5, 5.41) is 11.2. The van der Waals surface area contributed by atoms with Crippen LogP contribution in [0.2, 0.25) is 0 Å². The fourth-order valence-electron chi connectivity index (χ4n) is 2.98. The lowest BCUT2D eigenvalue weighted by molar-refractivity contribution is -0.108. The van der Waals surface area contributed by atoms with Gasteiger partial charge in [-0.05, 0) is 36.8 Å². The Morgan fingerprint density at radius 2 is 2.04 bits per heavy atom. The van der Waals surface area contributed by atoms with E-state index in [2.05, 4.69) is 20.3 Å². The summed E-state index contributed by atoms with van der Waals surface area (Å²) in [4.78, 5) is 15.2. The standard InChI is InChI=1S/C20H16FN5O/c1-13-3-2-4-19(24-13)20-17(11-22-25-20)14-5-6-18(21)16(9-14)15-10-23-26(12-15)7-8-27/h2-6,8-12H,7H2,1H3,(H,22,25). The highest BCUT2D eigenvalue weighted by Gasteiger charge is 2.15. The average Bonchev–Trinajstić information content (AvgIpc) is 3.32. The molecule has 0 amide bonds. The van der Waals surface area contributed by atoms with E-state index in [0.717, 1.165) is 34.5 Å². The number of aromatic nitrogens is 5. The molecule has 1 aromatic carbocycles. The number of nitrogens with zero attached hydrogens (tertiary/aromatic N) is 4. The molecule has 0 bridgehead atoms. The SMILES string of the molecule is Cc1cccc(-c2[nH]ncc2-c2ccc(F)c(-c3cnn(CC=O)c3)c2)n1. The van der Waals surface area contributed by atoms with Crippen molar-refractivity contribution < 1.29 is 9.18 Å². The molecule has 4 aromatic rings. The monoisotopic (exact) mass is 361 g/mol. The van der Waals surface area contributed by atoms with Crippen molar-refractivity contribution in [3.8, 4) is 33.6 Å². The zero-order valence-corrected chi connectivity index (χ0v) is 14.6. The van der Waals surface area contributed by atoms with Gasteiger partial charge < -0.3 is 4.79 Å². The van der Waals surface area contributed by atoms with E-state index in [9.17, 15) is 9.18 Å². The first-order valence-corrected chi connectivity index (χ1v) is 8.39. The Hall–Kier alpha value is -3.61. The Kier molecular flexibility index (Phi) is 4.33. The van der Waals surface area contributed by atoms with Crippen LogP contribution in [0.5, 0.6) is 0 Å². The largest absolute Gasteiger partial charge is 0.301 e. The molecule has 0 saturated heterocycles. The molecule has 0 aliphatic heterocycles. The molecule has 3 aromatic heterocycles. The molecule has 1 N–H and O–H groups in total. The molecule has 4 rings (SSSR count). The van der Waals surface area contributed by atoms with Crippen LogP contribution in [-0.4, -0.2) is 31.2 Å². The van der Waals surface area contributed by atoms with E-state index in [4.69, 9.17) is 0 Å². The van der Waals surface area contributed by atoms with Crippen LogP contribution in [0.1, 0.15) is 5.69 Å². The van der Waals surface area contributed by atoms with Gasteiger partial charge in [0.05, 0.1) is 30.3 Å². The Morgan fingerprint density at radius 1 is 1.15 bits per heavy atom. The molecule has 7 heteroatoms. The van der Waals surface area contributed by atoms with Crippen molar-refractivity contribution in [2.24, 2.45) is 0 Å². The van der Waals surface area contributed by atoms with Crippen LogP contribution in [0, 0.1) is 12.7 Å². The molecule has 0 radical (unpaired) electrons. The third-order valence-corrected chi connectivity index (χ3v) is 4.27. The highest BCUT2D eigenvalue weighted by Crippen LogP contribution is 2.33. The predicted molar refractivity (Wildman–Crippen MR) is 99.2 cm³/mol. The number of aldehydes is 1. The Balaban J connectivity index is 1.78. The number of carbonyl (C=O) groups is 1. The molecular weight excluding hydrogens is 345 g/mol. The van der Waals surface area contributed by atoms with Gasteiger partial charge >= 0.3 is 0 Å². The number of benzene rings is 1. The number of hydrogen-bond donors (Lipinski definition) is 1. The number of aromatic amines is 1. The van der Waals surface area contributed by atoms with E-state index < -0.39 is 0 Å². The first-order valence-electron chi connectivity index (χ1n) is 8.39. The van der Waals surface area contributed by atoms with Crippen molar-refractivity contribution in [3.05, 3.63) is 66.5 Å². The van der Waals surface area contributed by atoms with Crippen molar-refractivity contribution in [3.63, 3.8) is 0 Å². The van der Waals surface area contributed by atoms with Gasteiger partial charge in [0, 0.05) is 28.6 Å². The van der Waals surface area contributed by atoms with Crippen LogP contribution in [0.25, 0.3) is 33.6 Å². The maximum atomic E-state index is 14.4. The molecule has 3 heterocycles. The van der Waals surface area contributed by atoms with Crippen molar-refractivity contribution in [1.82, 2.24) is 25.0 Å². The predicted octanol–water partition coefficient (Wildman–Crippen LogP) is 3.65. The smallest absolute Gasteiger partial charge is 0.141 e. The van der Waals surface area contributed by atoms with Crippen LogP contribution >= 0.6 is 0 Å². The van der Waals surface area contributed by atoms with E-state index in [-0.39, 0.29) is 12.4 Å². The van der Waals surface area contributed by atoms with Gasteiger partial charge in [0.15, 0.2) is 0 Å². The van der Waals surface area contributed by atoms with Gasteiger partial charge in [-0.15, -0.1) is 0 Å². The lowest BCUT2D eigenvalue weighted by Gasteiger charge is -2.07. The molecule has 0 aliphatic rings. The van der Waals surface area contributed by atoms with E-state index in [1.807, 2.05) is 25.1 Å². The van der Waals surface area contributed by atoms with E-state index >= 15 is 0 Å². The van der Waals surface area contributed by atoms with Crippen molar-refractivity contribution in [2.45, 2.75) is 13.5 Å². The van der Waals surface area contributed by atoms with Gasteiger partial charge in [0.2, 0.25) is 0 Å². The molecule has 0 spiro atoms. The molecule has 27 heavy (non-hydrogen) atoms. The minimum absolute atomic E-state index is 0.131. The maximum absolute atomic E-state index is 14.4. The zero-order valence-electron chi connectivity index (χ0n) is 14.6. The molecule has 0 atom stereocenters. The summed E-state index contributed by atoms with van der Waals surface area (Å²) in [5.74, 6) is -0.358. The molecule has 134 valence electrons. The first-order chi connectivity index (χ1) is 13.2. The number of hydrogen-bond acceptors (Lipinski definition) is 4. The fraction of sp³-hybridized carbons (Fsp3) is 0.100. The number of pyridine rings is 1. The van der Waals surface area contributed by atoms with E-state index in [1.54, 1.807) is 30.7 Å². The first kappa shape index (κ1) is 16.8. The van der Waals surface area contributed by atoms with Gasteiger partial charge in [0.25, 0.3) is 0 Å². The molecule has 0 saturated carbocycles. The second kappa shape index (κ2) is 6.95. The minimum Gasteiger partial charge on any atom is -0.301 e. The molecule has 0 unspecified atom stereocenters. The fourth-order valence-corrected chi connectivity index (χ4v) is 2.98. The topological polar surface area (TPSA) is 76.5 Å². The van der Waals surface area contributed by atoms with Gasteiger partial charge in [-0.1, -0.05) is 12.1 Å². The third-order valence-electron chi connectivity index (χ3n) is 4.27. The van der Waals surface area contributed by atoms with E-state index in [1.165, 1.54) is 10.7 Å². The molecule has 6 nitrogen and oxygen atoms in total. The highest BCUT2D eigenvalue weighted by atomic mass is 19.1. The number of nitrogens with one attached hydrogen (secondary N) is 1.